The van der Waals surface area contributed by atoms with Gasteiger partial charge in [0.25, 0.3) is 0 Å². The Kier molecular flexibility index (Phi) is 6.04. The SMILES string of the molecule is CCC(=O)N(CCOCCO)[C@H]1CCS(=O)(=O)C1. The number of sulfone groups is 1. The molecule has 7 heteroatoms. The number of carbonyl (C=O) groups excluding carboxylic acids is 1. The molecule has 0 aromatic heterocycles. The molecule has 0 spiro atoms. The Bertz CT molecular complexity index is 368. The van der Waals surface area contributed by atoms with E-state index in [1.165, 1.54) is 0 Å². The molecule has 1 N–H and O–H groups in total. The minimum Gasteiger partial charge on any atom is -0.394 e. The Morgan fingerprint density at radius 3 is 2.67 bits per heavy atom. The summed E-state index contributed by atoms with van der Waals surface area (Å²) in [6.45, 7) is 2.64. The lowest BCUT2D eigenvalue weighted by atomic mass is 10.2. The normalized spacial score (nSPS) is 22.0. The zero-order chi connectivity index (χ0) is 13.6. The van der Waals surface area contributed by atoms with Crippen LogP contribution in [0.15, 0.2) is 0 Å². The van der Waals surface area contributed by atoms with E-state index in [1.807, 2.05) is 0 Å². The molecule has 0 aromatic rings. The average molecular weight is 279 g/mol. The fourth-order valence-corrected chi connectivity index (χ4v) is 3.80. The van der Waals surface area contributed by atoms with Crippen LogP contribution in [0.25, 0.3) is 0 Å². The van der Waals surface area contributed by atoms with Crippen LogP contribution in [0.3, 0.4) is 0 Å². The molecule has 0 unspecified atom stereocenters. The Balaban J connectivity index is 2.53. The van der Waals surface area contributed by atoms with Crippen LogP contribution < -0.4 is 0 Å². The molecule has 0 saturated carbocycles. The van der Waals surface area contributed by atoms with Crippen LogP contribution in [0.5, 0.6) is 0 Å². The van der Waals surface area contributed by atoms with Crippen molar-refractivity contribution < 1.29 is 23.1 Å². The summed E-state index contributed by atoms with van der Waals surface area (Å²) in [5.41, 5.74) is 0. The average Bonchev–Trinajstić information content (AvgIpc) is 2.68. The topological polar surface area (TPSA) is 83.9 Å². The van der Waals surface area contributed by atoms with E-state index in [1.54, 1.807) is 11.8 Å². The predicted octanol–water partition coefficient (Wildman–Crippen LogP) is -0.579. The third kappa shape index (κ3) is 4.55. The van der Waals surface area contributed by atoms with Crippen molar-refractivity contribution in [2.24, 2.45) is 0 Å². The molecule has 1 aliphatic heterocycles. The second-order valence-electron chi connectivity index (χ2n) is 4.33. The maximum Gasteiger partial charge on any atom is 0.222 e. The Labute approximate surface area is 108 Å². The number of rotatable bonds is 7. The molecule has 0 radical (unpaired) electrons. The second-order valence-corrected chi connectivity index (χ2v) is 6.56. The monoisotopic (exact) mass is 279 g/mol. The van der Waals surface area contributed by atoms with Crippen LogP contribution in [0, 0.1) is 0 Å². The van der Waals surface area contributed by atoms with Crippen LogP contribution in [-0.2, 0) is 19.4 Å². The minimum atomic E-state index is -2.99. The molecule has 1 amide bonds. The lowest BCUT2D eigenvalue weighted by molar-refractivity contribution is -0.133. The van der Waals surface area contributed by atoms with Crippen molar-refractivity contribution in [3.05, 3.63) is 0 Å². The van der Waals surface area contributed by atoms with E-state index in [-0.39, 0.29) is 36.7 Å². The zero-order valence-electron chi connectivity index (χ0n) is 10.7. The van der Waals surface area contributed by atoms with Crippen molar-refractivity contribution in [3.8, 4) is 0 Å². The highest BCUT2D eigenvalue weighted by molar-refractivity contribution is 7.91. The minimum absolute atomic E-state index is 0.0512. The molecule has 0 aromatic carbocycles. The number of ether oxygens (including phenoxy) is 1. The molecule has 0 bridgehead atoms. The number of carbonyl (C=O) groups is 1. The summed E-state index contributed by atoms with van der Waals surface area (Å²) < 4.78 is 28.0. The van der Waals surface area contributed by atoms with Crippen LogP contribution in [0.4, 0.5) is 0 Å². The number of aliphatic hydroxyl groups excluding tert-OH is 1. The summed E-state index contributed by atoms with van der Waals surface area (Å²) in [6, 6.07) is -0.222. The van der Waals surface area contributed by atoms with Crippen molar-refractivity contribution in [1.29, 1.82) is 0 Å². The van der Waals surface area contributed by atoms with Gasteiger partial charge in [-0.1, -0.05) is 6.92 Å². The van der Waals surface area contributed by atoms with Crippen molar-refractivity contribution in [1.82, 2.24) is 4.90 Å². The first-order valence-corrected chi connectivity index (χ1v) is 8.00. The summed E-state index contributed by atoms with van der Waals surface area (Å²) in [6.07, 6.45) is 0.866. The summed E-state index contributed by atoms with van der Waals surface area (Å²) in [7, 11) is -2.99. The third-order valence-electron chi connectivity index (χ3n) is 2.98. The molecular formula is C11H21NO5S. The van der Waals surface area contributed by atoms with Gasteiger partial charge >= 0.3 is 0 Å². The van der Waals surface area contributed by atoms with Gasteiger partial charge in [0.15, 0.2) is 9.84 Å². The van der Waals surface area contributed by atoms with E-state index in [2.05, 4.69) is 0 Å². The highest BCUT2D eigenvalue weighted by Gasteiger charge is 2.33. The molecule has 1 fully saturated rings. The Hall–Kier alpha value is -0.660. The maximum absolute atomic E-state index is 11.8. The molecular weight excluding hydrogens is 258 g/mol. The molecule has 1 atom stereocenters. The van der Waals surface area contributed by atoms with E-state index in [0.717, 1.165) is 0 Å². The number of hydrogen-bond donors (Lipinski definition) is 1. The predicted molar refractivity (Wildman–Crippen MR) is 67.0 cm³/mol. The van der Waals surface area contributed by atoms with Gasteiger partial charge in [0.2, 0.25) is 5.91 Å². The second kappa shape index (κ2) is 7.06. The van der Waals surface area contributed by atoms with Gasteiger partial charge in [0.1, 0.15) is 0 Å². The Morgan fingerprint density at radius 1 is 1.44 bits per heavy atom. The van der Waals surface area contributed by atoms with Gasteiger partial charge in [-0.05, 0) is 6.42 Å². The van der Waals surface area contributed by atoms with Gasteiger partial charge in [-0.2, -0.15) is 0 Å². The number of aliphatic hydroxyl groups is 1. The molecule has 0 aliphatic carbocycles. The summed E-state index contributed by atoms with van der Waals surface area (Å²) in [4.78, 5) is 13.4. The number of amides is 1. The fraction of sp³-hybridized carbons (Fsp3) is 0.909. The first kappa shape index (κ1) is 15.4. The third-order valence-corrected chi connectivity index (χ3v) is 4.73. The molecule has 1 aliphatic rings. The van der Waals surface area contributed by atoms with E-state index in [9.17, 15) is 13.2 Å². The standard InChI is InChI=1S/C11H21NO5S/c1-2-11(14)12(4-6-17-7-5-13)10-3-8-18(15,16)9-10/h10,13H,2-9H2,1H3/t10-/m0/s1. The van der Waals surface area contributed by atoms with E-state index < -0.39 is 9.84 Å². The highest BCUT2D eigenvalue weighted by Crippen LogP contribution is 2.18. The molecule has 1 rings (SSSR count). The van der Waals surface area contributed by atoms with Crippen molar-refractivity contribution in [2.45, 2.75) is 25.8 Å². The zero-order valence-corrected chi connectivity index (χ0v) is 11.5. The van der Waals surface area contributed by atoms with Gasteiger partial charge < -0.3 is 14.7 Å². The van der Waals surface area contributed by atoms with Crippen LogP contribution >= 0.6 is 0 Å². The summed E-state index contributed by atoms with van der Waals surface area (Å²) in [5, 5.41) is 8.58. The first-order chi connectivity index (χ1) is 8.50. The molecule has 106 valence electrons. The number of hydrogen-bond acceptors (Lipinski definition) is 5. The van der Waals surface area contributed by atoms with Gasteiger partial charge in [-0.3, -0.25) is 4.79 Å². The van der Waals surface area contributed by atoms with Gasteiger partial charge in [0.05, 0.1) is 31.3 Å². The van der Waals surface area contributed by atoms with Crippen LogP contribution in [0.2, 0.25) is 0 Å². The van der Waals surface area contributed by atoms with Crippen molar-refractivity contribution >= 4 is 15.7 Å². The van der Waals surface area contributed by atoms with Crippen LogP contribution in [0.1, 0.15) is 19.8 Å². The quantitative estimate of drug-likeness (QED) is 0.630. The number of nitrogens with zero attached hydrogens (tertiary/aromatic N) is 1. The summed E-state index contributed by atoms with van der Waals surface area (Å²) >= 11 is 0. The molecule has 1 saturated heterocycles. The van der Waals surface area contributed by atoms with E-state index in [4.69, 9.17) is 9.84 Å². The lowest BCUT2D eigenvalue weighted by Gasteiger charge is -2.27. The van der Waals surface area contributed by atoms with E-state index in [0.29, 0.717) is 26.0 Å². The van der Waals surface area contributed by atoms with E-state index >= 15 is 0 Å². The highest BCUT2D eigenvalue weighted by atomic mass is 32.2. The molecule has 6 nitrogen and oxygen atoms in total. The molecule has 1 heterocycles. The Morgan fingerprint density at radius 2 is 2.17 bits per heavy atom. The summed E-state index contributed by atoms with van der Waals surface area (Å²) in [5.74, 6) is 0.159. The van der Waals surface area contributed by atoms with Crippen molar-refractivity contribution in [3.63, 3.8) is 0 Å². The molecule has 18 heavy (non-hydrogen) atoms. The lowest BCUT2D eigenvalue weighted by Crippen LogP contribution is -2.42. The smallest absolute Gasteiger partial charge is 0.222 e. The fourth-order valence-electron chi connectivity index (χ4n) is 2.06. The van der Waals surface area contributed by atoms with Gasteiger partial charge in [-0.15, -0.1) is 0 Å². The van der Waals surface area contributed by atoms with Crippen molar-refractivity contribution in [2.75, 3.05) is 37.9 Å². The van der Waals surface area contributed by atoms with Gasteiger partial charge in [-0.25, -0.2) is 8.42 Å². The van der Waals surface area contributed by atoms with Gasteiger partial charge in [0, 0.05) is 19.0 Å². The van der Waals surface area contributed by atoms with Crippen LogP contribution in [-0.4, -0.2) is 68.2 Å². The first-order valence-electron chi connectivity index (χ1n) is 6.18. The maximum atomic E-state index is 11.8. The largest absolute Gasteiger partial charge is 0.394 e.